The van der Waals surface area contributed by atoms with Crippen LogP contribution in [0.3, 0.4) is 0 Å². The second-order valence-electron chi connectivity index (χ2n) is 4.69. The molecule has 0 fully saturated rings. The molecule has 2 nitrogen and oxygen atoms in total. The zero-order valence-corrected chi connectivity index (χ0v) is 13.3. The van der Waals surface area contributed by atoms with Crippen LogP contribution in [0.1, 0.15) is 39.7 Å². The Morgan fingerprint density at radius 1 is 1.32 bits per heavy atom. The number of aromatic nitrogens is 1. The Labute approximate surface area is 123 Å². The van der Waals surface area contributed by atoms with Crippen molar-refractivity contribution in [3.05, 3.63) is 49.9 Å². The highest BCUT2D eigenvalue weighted by Crippen LogP contribution is 2.30. The van der Waals surface area contributed by atoms with Crippen LogP contribution >= 0.6 is 22.9 Å². The van der Waals surface area contributed by atoms with Crippen molar-refractivity contribution < 1.29 is 0 Å². The Bertz CT molecular complexity index is 558. The number of hydrogen-bond donors (Lipinski definition) is 1. The summed E-state index contributed by atoms with van der Waals surface area (Å²) < 4.78 is 0. The molecule has 1 heterocycles. The first-order valence-electron chi connectivity index (χ1n) is 6.46. The third-order valence-electron chi connectivity index (χ3n) is 3.24. The summed E-state index contributed by atoms with van der Waals surface area (Å²) in [7, 11) is 0. The van der Waals surface area contributed by atoms with Gasteiger partial charge in [-0.2, -0.15) is 0 Å². The maximum absolute atomic E-state index is 6.04. The number of aryl methyl sites for hydroxylation is 3. The van der Waals surface area contributed by atoms with Crippen molar-refractivity contribution >= 4 is 22.9 Å². The van der Waals surface area contributed by atoms with Crippen LogP contribution < -0.4 is 5.32 Å². The van der Waals surface area contributed by atoms with Crippen LogP contribution in [0.15, 0.2) is 18.2 Å². The van der Waals surface area contributed by atoms with E-state index >= 15 is 0 Å². The van der Waals surface area contributed by atoms with E-state index in [1.54, 1.807) is 11.3 Å². The summed E-state index contributed by atoms with van der Waals surface area (Å²) in [5.41, 5.74) is 3.57. The normalized spacial score (nSPS) is 12.7. The summed E-state index contributed by atoms with van der Waals surface area (Å²) in [5, 5.41) is 5.43. The lowest BCUT2D eigenvalue weighted by molar-refractivity contribution is 0.623. The molecule has 4 heteroatoms. The average Bonchev–Trinajstić information content (AvgIpc) is 2.67. The lowest BCUT2D eigenvalue weighted by Crippen LogP contribution is -2.22. The molecule has 0 radical (unpaired) electrons. The van der Waals surface area contributed by atoms with Crippen molar-refractivity contribution in [3.63, 3.8) is 0 Å². The van der Waals surface area contributed by atoms with Crippen LogP contribution in [0.2, 0.25) is 5.02 Å². The molecule has 0 aliphatic rings. The molecule has 2 aromatic rings. The fourth-order valence-corrected chi connectivity index (χ4v) is 3.36. The summed E-state index contributed by atoms with van der Waals surface area (Å²) in [4.78, 5) is 5.97. The van der Waals surface area contributed by atoms with Crippen LogP contribution in [-0.2, 0) is 0 Å². The molecule has 1 aromatic carbocycles. The standard InChI is InChI=1S/C15H19ClN2S/c1-5-17-14(15-18-10(3)11(4)19-15)13-7-6-12(16)8-9(13)2/h6-8,14,17H,5H2,1-4H3. The summed E-state index contributed by atoms with van der Waals surface area (Å²) in [6.07, 6.45) is 0. The Hall–Kier alpha value is -0.900. The lowest BCUT2D eigenvalue weighted by Gasteiger charge is -2.18. The highest BCUT2D eigenvalue weighted by molar-refractivity contribution is 7.11. The number of thiazole rings is 1. The lowest BCUT2D eigenvalue weighted by atomic mass is 10.0. The molecule has 2 rings (SSSR count). The van der Waals surface area contributed by atoms with Crippen molar-refractivity contribution in [3.8, 4) is 0 Å². The Morgan fingerprint density at radius 3 is 2.58 bits per heavy atom. The van der Waals surface area contributed by atoms with Crippen LogP contribution in [0.4, 0.5) is 0 Å². The van der Waals surface area contributed by atoms with E-state index in [4.69, 9.17) is 16.6 Å². The first kappa shape index (κ1) is 14.5. The van der Waals surface area contributed by atoms with Crippen LogP contribution in [0.5, 0.6) is 0 Å². The number of rotatable bonds is 4. The quantitative estimate of drug-likeness (QED) is 0.903. The number of hydrogen-bond acceptors (Lipinski definition) is 3. The van der Waals surface area contributed by atoms with Gasteiger partial charge >= 0.3 is 0 Å². The monoisotopic (exact) mass is 294 g/mol. The minimum absolute atomic E-state index is 0.152. The highest BCUT2D eigenvalue weighted by Gasteiger charge is 2.19. The fraction of sp³-hybridized carbons (Fsp3) is 0.400. The maximum atomic E-state index is 6.04. The predicted molar refractivity (Wildman–Crippen MR) is 83.3 cm³/mol. The molecule has 102 valence electrons. The van der Waals surface area contributed by atoms with Gasteiger partial charge in [0.15, 0.2) is 0 Å². The molecular formula is C15H19ClN2S. The van der Waals surface area contributed by atoms with Gasteiger partial charge in [-0.25, -0.2) is 4.98 Å². The SMILES string of the molecule is CCNC(c1nc(C)c(C)s1)c1ccc(Cl)cc1C. The van der Waals surface area contributed by atoms with Gasteiger partial charge in [0.05, 0.1) is 11.7 Å². The van der Waals surface area contributed by atoms with Crippen LogP contribution in [-0.4, -0.2) is 11.5 Å². The van der Waals surface area contributed by atoms with Gasteiger partial charge in [-0.05, 0) is 50.6 Å². The molecule has 0 bridgehead atoms. The smallest absolute Gasteiger partial charge is 0.115 e. The van der Waals surface area contributed by atoms with E-state index in [0.717, 1.165) is 22.3 Å². The Balaban J connectivity index is 2.44. The third kappa shape index (κ3) is 3.16. The van der Waals surface area contributed by atoms with Gasteiger partial charge in [-0.1, -0.05) is 24.6 Å². The number of nitrogens with zero attached hydrogens (tertiary/aromatic N) is 1. The molecule has 0 saturated carbocycles. The topological polar surface area (TPSA) is 24.9 Å². The van der Waals surface area contributed by atoms with Gasteiger partial charge in [0.1, 0.15) is 5.01 Å². The van der Waals surface area contributed by atoms with Gasteiger partial charge in [0.25, 0.3) is 0 Å². The molecule has 0 aliphatic heterocycles. The third-order valence-corrected chi connectivity index (χ3v) is 4.62. The van der Waals surface area contributed by atoms with E-state index in [0.29, 0.717) is 0 Å². The molecule has 0 saturated heterocycles. The van der Waals surface area contributed by atoms with E-state index in [9.17, 15) is 0 Å². The molecule has 1 aromatic heterocycles. The van der Waals surface area contributed by atoms with Crippen molar-refractivity contribution in [1.29, 1.82) is 0 Å². The predicted octanol–water partition coefficient (Wildman–Crippen LogP) is 4.42. The highest BCUT2D eigenvalue weighted by atomic mass is 35.5. The van der Waals surface area contributed by atoms with Crippen molar-refractivity contribution in [2.45, 2.75) is 33.7 Å². The van der Waals surface area contributed by atoms with Gasteiger partial charge in [0.2, 0.25) is 0 Å². The molecule has 0 spiro atoms. The minimum Gasteiger partial charge on any atom is -0.305 e. The number of halogens is 1. The first-order chi connectivity index (χ1) is 9.02. The summed E-state index contributed by atoms with van der Waals surface area (Å²) in [6.45, 7) is 9.30. The van der Waals surface area contributed by atoms with E-state index in [-0.39, 0.29) is 6.04 Å². The average molecular weight is 295 g/mol. The van der Waals surface area contributed by atoms with Crippen LogP contribution in [0.25, 0.3) is 0 Å². The number of benzene rings is 1. The van der Waals surface area contributed by atoms with Crippen molar-refractivity contribution in [1.82, 2.24) is 10.3 Å². The zero-order valence-electron chi connectivity index (χ0n) is 11.7. The number of nitrogens with one attached hydrogen (secondary N) is 1. The van der Waals surface area contributed by atoms with E-state index in [1.807, 2.05) is 12.1 Å². The molecule has 0 aliphatic carbocycles. The minimum atomic E-state index is 0.152. The molecular weight excluding hydrogens is 276 g/mol. The molecule has 1 atom stereocenters. The van der Waals surface area contributed by atoms with E-state index < -0.39 is 0 Å². The summed E-state index contributed by atoms with van der Waals surface area (Å²) >= 11 is 7.80. The van der Waals surface area contributed by atoms with Gasteiger partial charge in [-0.3, -0.25) is 0 Å². The fourth-order valence-electron chi connectivity index (χ4n) is 2.12. The van der Waals surface area contributed by atoms with E-state index in [2.05, 4.69) is 39.1 Å². The second kappa shape index (κ2) is 6.04. The summed E-state index contributed by atoms with van der Waals surface area (Å²) in [5.74, 6) is 0. The maximum Gasteiger partial charge on any atom is 0.115 e. The summed E-state index contributed by atoms with van der Waals surface area (Å²) in [6, 6.07) is 6.20. The molecule has 1 N–H and O–H groups in total. The van der Waals surface area contributed by atoms with Gasteiger partial charge in [0, 0.05) is 9.90 Å². The molecule has 19 heavy (non-hydrogen) atoms. The second-order valence-corrected chi connectivity index (χ2v) is 6.36. The molecule has 1 unspecified atom stereocenters. The van der Waals surface area contributed by atoms with Crippen molar-refractivity contribution in [2.75, 3.05) is 6.54 Å². The van der Waals surface area contributed by atoms with Gasteiger partial charge < -0.3 is 5.32 Å². The Morgan fingerprint density at radius 2 is 2.05 bits per heavy atom. The van der Waals surface area contributed by atoms with E-state index in [1.165, 1.54) is 16.0 Å². The van der Waals surface area contributed by atoms with Gasteiger partial charge in [-0.15, -0.1) is 11.3 Å². The largest absolute Gasteiger partial charge is 0.305 e. The van der Waals surface area contributed by atoms with Crippen LogP contribution in [0, 0.1) is 20.8 Å². The first-order valence-corrected chi connectivity index (χ1v) is 7.65. The molecule has 0 amide bonds. The van der Waals surface area contributed by atoms with Crippen molar-refractivity contribution in [2.24, 2.45) is 0 Å². The zero-order chi connectivity index (χ0) is 14.0. The Kier molecular flexibility index (Phi) is 4.61.